The fourth-order valence-electron chi connectivity index (χ4n) is 1.84. The van der Waals surface area contributed by atoms with Crippen molar-refractivity contribution in [3.05, 3.63) is 52.0 Å². The van der Waals surface area contributed by atoms with Crippen molar-refractivity contribution in [1.29, 1.82) is 0 Å². The van der Waals surface area contributed by atoms with Gasteiger partial charge in [0.2, 0.25) is 16.1 Å². The molecule has 0 fully saturated rings. The number of rotatable bonds is 5. The number of sulfone groups is 1. The SMILES string of the molecule is O=[C]c1cc(S(=O)(=O)c2ccccc2)c(NS(=O)(=O)O)c(Cl)c1Cl. The normalized spacial score (nSPS) is 12.0. The van der Waals surface area contributed by atoms with Crippen LogP contribution >= 0.6 is 23.2 Å². The summed E-state index contributed by atoms with van der Waals surface area (Å²) >= 11 is 11.7. The fraction of sp³-hybridized carbons (Fsp3) is 0. The first-order valence-electron chi connectivity index (χ1n) is 6.03. The topological polar surface area (TPSA) is 118 Å². The molecule has 2 aromatic carbocycles. The minimum atomic E-state index is -4.86. The largest absolute Gasteiger partial charge is 0.357 e. The van der Waals surface area contributed by atoms with E-state index in [1.807, 2.05) is 0 Å². The van der Waals surface area contributed by atoms with Crippen LogP contribution in [0.15, 0.2) is 46.2 Å². The molecule has 0 heterocycles. The van der Waals surface area contributed by atoms with Gasteiger partial charge in [-0.15, -0.1) is 0 Å². The van der Waals surface area contributed by atoms with Crippen LogP contribution in [0.5, 0.6) is 0 Å². The third kappa shape index (κ3) is 3.70. The van der Waals surface area contributed by atoms with Crippen molar-refractivity contribution < 1.29 is 26.2 Å². The van der Waals surface area contributed by atoms with E-state index >= 15 is 0 Å². The molecule has 0 amide bonds. The number of anilines is 1. The van der Waals surface area contributed by atoms with E-state index in [9.17, 15) is 21.6 Å². The number of carbonyl (C=O) groups excluding carboxylic acids is 1. The van der Waals surface area contributed by atoms with Gasteiger partial charge in [0.25, 0.3) is 0 Å². The Morgan fingerprint density at radius 2 is 1.58 bits per heavy atom. The number of nitrogens with one attached hydrogen (secondary N) is 1. The first kappa shape index (κ1) is 18.7. The molecule has 0 aliphatic carbocycles. The van der Waals surface area contributed by atoms with Crippen LogP contribution in [-0.4, -0.2) is 27.7 Å². The minimum Gasteiger partial charge on any atom is -0.285 e. The molecule has 2 N–H and O–H groups in total. The lowest BCUT2D eigenvalue weighted by molar-refractivity contribution is 0.489. The van der Waals surface area contributed by atoms with Crippen molar-refractivity contribution in [2.75, 3.05) is 4.72 Å². The highest BCUT2D eigenvalue weighted by Gasteiger charge is 2.28. The summed E-state index contributed by atoms with van der Waals surface area (Å²) in [6, 6.07) is 7.83. The second-order valence-corrected chi connectivity index (χ2v) is 8.25. The second-order valence-electron chi connectivity index (χ2n) is 4.42. The van der Waals surface area contributed by atoms with Crippen LogP contribution in [0.4, 0.5) is 5.69 Å². The van der Waals surface area contributed by atoms with Crippen LogP contribution in [0.25, 0.3) is 0 Å². The van der Waals surface area contributed by atoms with Gasteiger partial charge in [0.1, 0.15) is 0 Å². The Morgan fingerprint density at radius 1 is 1.00 bits per heavy atom. The molecule has 0 bridgehead atoms. The van der Waals surface area contributed by atoms with Crippen molar-refractivity contribution in [3.63, 3.8) is 0 Å². The lowest BCUT2D eigenvalue weighted by Gasteiger charge is -2.14. The van der Waals surface area contributed by atoms with Crippen LogP contribution in [0.2, 0.25) is 10.0 Å². The van der Waals surface area contributed by atoms with E-state index in [4.69, 9.17) is 27.8 Å². The second kappa shape index (κ2) is 6.69. The molecule has 2 aromatic rings. The van der Waals surface area contributed by atoms with Crippen LogP contribution in [0, 0.1) is 0 Å². The molecular weight excluding hydrogens is 401 g/mol. The first-order chi connectivity index (χ1) is 11.1. The maximum atomic E-state index is 12.7. The van der Waals surface area contributed by atoms with Gasteiger partial charge in [-0.1, -0.05) is 41.4 Å². The van der Waals surface area contributed by atoms with Gasteiger partial charge in [0, 0.05) is 5.56 Å². The zero-order valence-corrected chi connectivity index (χ0v) is 14.7. The Bertz CT molecular complexity index is 1000. The molecule has 11 heteroatoms. The van der Waals surface area contributed by atoms with Crippen LogP contribution in [-0.2, 0) is 24.9 Å². The number of benzene rings is 2. The molecule has 7 nitrogen and oxygen atoms in total. The van der Waals surface area contributed by atoms with Gasteiger partial charge in [-0.05, 0) is 18.2 Å². The van der Waals surface area contributed by atoms with Gasteiger partial charge in [0.15, 0.2) is 0 Å². The van der Waals surface area contributed by atoms with Crippen molar-refractivity contribution in [3.8, 4) is 0 Å². The van der Waals surface area contributed by atoms with E-state index < -0.39 is 40.8 Å². The summed E-state index contributed by atoms with van der Waals surface area (Å²) in [5.74, 6) is 0. The summed E-state index contributed by atoms with van der Waals surface area (Å²) in [6.45, 7) is 0. The van der Waals surface area contributed by atoms with Crippen molar-refractivity contribution in [2.45, 2.75) is 9.79 Å². The maximum Gasteiger partial charge on any atom is 0.357 e. The summed E-state index contributed by atoms with van der Waals surface area (Å²) < 4.78 is 58.2. The average molecular weight is 409 g/mol. The van der Waals surface area contributed by atoms with Gasteiger partial charge in [-0.25, -0.2) is 8.42 Å². The molecule has 0 saturated heterocycles. The summed E-state index contributed by atoms with van der Waals surface area (Å²) in [6.07, 6.45) is 1.42. The van der Waals surface area contributed by atoms with Crippen molar-refractivity contribution >= 4 is 55.3 Å². The molecule has 0 aliphatic rings. The number of hydrogen-bond acceptors (Lipinski definition) is 5. The Morgan fingerprint density at radius 3 is 2.08 bits per heavy atom. The van der Waals surface area contributed by atoms with Crippen LogP contribution < -0.4 is 4.72 Å². The molecule has 2 rings (SSSR count). The van der Waals surface area contributed by atoms with Crippen molar-refractivity contribution in [1.82, 2.24) is 0 Å². The minimum absolute atomic E-state index is 0.182. The molecule has 0 saturated carbocycles. The standard InChI is InChI=1S/C13H8Cl2NO6S2/c14-11-8(7-17)6-10(13(12(11)15)16-24(20,21)22)23(18,19)9-4-2-1-3-5-9/h1-6,16H,(H,20,21,22). The average Bonchev–Trinajstić information content (AvgIpc) is 2.51. The van der Waals surface area contributed by atoms with Gasteiger partial charge < -0.3 is 0 Å². The molecule has 0 atom stereocenters. The summed E-state index contributed by atoms with van der Waals surface area (Å²) in [7, 11) is -9.13. The van der Waals surface area contributed by atoms with Gasteiger partial charge in [-0.2, -0.15) is 8.42 Å². The highest BCUT2D eigenvalue weighted by Crippen LogP contribution is 2.40. The fourth-order valence-corrected chi connectivity index (χ4v) is 4.39. The molecule has 0 aromatic heterocycles. The highest BCUT2D eigenvalue weighted by molar-refractivity contribution is 7.92. The monoisotopic (exact) mass is 408 g/mol. The lowest BCUT2D eigenvalue weighted by atomic mass is 10.2. The first-order valence-corrected chi connectivity index (χ1v) is 9.71. The summed E-state index contributed by atoms with van der Waals surface area (Å²) in [4.78, 5) is 10.1. The highest BCUT2D eigenvalue weighted by atomic mass is 35.5. The lowest BCUT2D eigenvalue weighted by Crippen LogP contribution is -2.15. The third-order valence-corrected chi connectivity index (χ3v) is 5.98. The molecule has 24 heavy (non-hydrogen) atoms. The van der Waals surface area contributed by atoms with Crippen molar-refractivity contribution in [2.24, 2.45) is 0 Å². The van der Waals surface area contributed by atoms with E-state index in [0.29, 0.717) is 0 Å². The number of halogens is 2. The smallest absolute Gasteiger partial charge is 0.285 e. The Balaban J connectivity index is 2.86. The Labute approximate surface area is 148 Å². The van der Waals surface area contributed by atoms with E-state index in [1.165, 1.54) is 30.6 Å². The quantitative estimate of drug-likeness (QED) is 0.733. The molecule has 0 aliphatic heterocycles. The van der Waals surface area contributed by atoms with Gasteiger partial charge in [0.05, 0.1) is 25.5 Å². The molecule has 127 valence electrons. The Kier molecular flexibility index (Phi) is 5.21. The zero-order chi connectivity index (χ0) is 18.1. The van der Waals surface area contributed by atoms with Gasteiger partial charge in [-0.3, -0.25) is 14.1 Å². The van der Waals surface area contributed by atoms with Gasteiger partial charge >= 0.3 is 10.3 Å². The van der Waals surface area contributed by atoms with E-state index in [2.05, 4.69) is 0 Å². The molecule has 0 spiro atoms. The predicted molar refractivity (Wildman–Crippen MR) is 88.3 cm³/mol. The van der Waals surface area contributed by atoms with E-state index in [-0.39, 0.29) is 10.5 Å². The maximum absolute atomic E-state index is 12.7. The number of hydrogen-bond donors (Lipinski definition) is 2. The summed E-state index contributed by atoms with van der Waals surface area (Å²) in [5, 5.41) is -0.977. The van der Waals surface area contributed by atoms with E-state index in [0.717, 1.165) is 6.07 Å². The third-order valence-electron chi connectivity index (χ3n) is 2.85. The summed E-state index contributed by atoms with van der Waals surface area (Å²) in [5.41, 5.74) is -1.05. The van der Waals surface area contributed by atoms with Crippen LogP contribution in [0.3, 0.4) is 0 Å². The molecule has 0 unspecified atom stereocenters. The molecular formula is C13H8Cl2NO6S2. The Hall–Kier alpha value is -1.65. The van der Waals surface area contributed by atoms with Crippen LogP contribution in [0.1, 0.15) is 5.56 Å². The molecule has 1 radical (unpaired) electrons. The zero-order valence-electron chi connectivity index (χ0n) is 11.5. The van der Waals surface area contributed by atoms with E-state index in [1.54, 1.807) is 10.8 Å². The predicted octanol–water partition coefficient (Wildman–Crippen LogP) is 2.50.